The number of carbonyl (C=O) groups excluding carboxylic acids is 2. The van der Waals surface area contributed by atoms with Gasteiger partial charge in [0, 0.05) is 12.6 Å². The van der Waals surface area contributed by atoms with Gasteiger partial charge in [0.2, 0.25) is 5.91 Å². The molecule has 1 aromatic carbocycles. The number of hydrogen-bond donors (Lipinski definition) is 1. The highest BCUT2D eigenvalue weighted by Gasteiger charge is 2.32. The summed E-state index contributed by atoms with van der Waals surface area (Å²) in [4.78, 5) is 27.1. The summed E-state index contributed by atoms with van der Waals surface area (Å²) < 4.78 is 0.901. The van der Waals surface area contributed by atoms with Crippen molar-refractivity contribution in [1.29, 1.82) is 0 Å². The smallest absolute Gasteiger partial charge is 0.261 e. The van der Waals surface area contributed by atoms with Gasteiger partial charge in [0.1, 0.15) is 0 Å². The van der Waals surface area contributed by atoms with Crippen molar-refractivity contribution in [2.24, 2.45) is 0 Å². The van der Waals surface area contributed by atoms with Gasteiger partial charge in [-0.25, -0.2) is 0 Å². The van der Waals surface area contributed by atoms with Gasteiger partial charge >= 0.3 is 0 Å². The van der Waals surface area contributed by atoms with Gasteiger partial charge in [-0.2, -0.15) is 0 Å². The summed E-state index contributed by atoms with van der Waals surface area (Å²) >= 11 is 4.69. The highest BCUT2D eigenvalue weighted by atomic mass is 79.9. The normalized spacial score (nSPS) is 13.6. The minimum atomic E-state index is -0.204. The second-order valence-corrected chi connectivity index (χ2v) is 8.49. The first-order valence-corrected chi connectivity index (χ1v) is 9.52. The lowest BCUT2D eigenvalue weighted by Crippen LogP contribution is -2.40. The fraction of sp³-hybridized carbons (Fsp3) is 0.333. The van der Waals surface area contributed by atoms with Crippen LogP contribution >= 0.6 is 27.3 Å². The third-order valence-corrected chi connectivity index (χ3v) is 5.60. The minimum absolute atomic E-state index is 0.0259. The first kappa shape index (κ1) is 17.2. The third-order valence-electron chi connectivity index (χ3n) is 3.98. The van der Waals surface area contributed by atoms with Crippen LogP contribution in [-0.4, -0.2) is 29.3 Å². The number of hydrogen-bond acceptors (Lipinski definition) is 3. The van der Waals surface area contributed by atoms with Crippen LogP contribution < -0.4 is 5.32 Å². The van der Waals surface area contributed by atoms with Gasteiger partial charge in [-0.15, -0.1) is 11.3 Å². The van der Waals surface area contributed by atoms with Gasteiger partial charge in [-0.3, -0.25) is 9.59 Å². The summed E-state index contributed by atoms with van der Waals surface area (Å²) in [7, 11) is 0. The average molecular weight is 407 g/mol. The zero-order valence-electron chi connectivity index (χ0n) is 13.4. The molecule has 1 saturated carbocycles. The Kier molecular flexibility index (Phi) is 5.36. The predicted molar refractivity (Wildman–Crippen MR) is 99.1 cm³/mol. The maximum Gasteiger partial charge on any atom is 0.261 e. The predicted octanol–water partition coefficient (Wildman–Crippen LogP) is 3.74. The van der Waals surface area contributed by atoms with Crippen LogP contribution in [0.3, 0.4) is 0 Å². The van der Waals surface area contributed by atoms with E-state index in [1.807, 2.05) is 17.9 Å². The van der Waals surface area contributed by atoms with Gasteiger partial charge in [-0.1, -0.05) is 29.8 Å². The van der Waals surface area contributed by atoms with Crippen LogP contribution in [-0.2, 0) is 11.3 Å². The molecule has 0 atom stereocenters. The molecule has 4 nitrogen and oxygen atoms in total. The Balaban J connectivity index is 1.58. The molecule has 1 aromatic heterocycles. The highest BCUT2D eigenvalue weighted by Crippen LogP contribution is 2.28. The van der Waals surface area contributed by atoms with Crippen LogP contribution in [0.4, 0.5) is 0 Å². The van der Waals surface area contributed by atoms with E-state index in [4.69, 9.17) is 0 Å². The number of rotatable bonds is 6. The molecule has 1 fully saturated rings. The number of benzene rings is 1. The Morgan fingerprint density at radius 1 is 1.21 bits per heavy atom. The lowest BCUT2D eigenvalue weighted by atomic mass is 10.1. The molecule has 1 aliphatic carbocycles. The first-order chi connectivity index (χ1) is 11.5. The van der Waals surface area contributed by atoms with E-state index in [2.05, 4.69) is 45.5 Å². The van der Waals surface area contributed by atoms with E-state index in [1.165, 1.54) is 16.9 Å². The molecule has 1 aliphatic rings. The third kappa shape index (κ3) is 4.45. The average Bonchev–Trinajstić information content (AvgIpc) is 3.32. The summed E-state index contributed by atoms with van der Waals surface area (Å²) in [6.07, 6.45) is 2.09. The van der Waals surface area contributed by atoms with Gasteiger partial charge in [0.15, 0.2) is 0 Å². The number of thiophene rings is 1. The SMILES string of the molecule is Cc1ccc(CN(C(=O)CNC(=O)c2ccc(Br)s2)C2CC2)cc1. The number of aryl methyl sites for hydroxylation is 1. The van der Waals surface area contributed by atoms with Crippen LogP contribution in [0, 0.1) is 6.92 Å². The largest absolute Gasteiger partial charge is 0.342 e. The van der Waals surface area contributed by atoms with Crippen LogP contribution in [0.15, 0.2) is 40.2 Å². The molecule has 6 heteroatoms. The van der Waals surface area contributed by atoms with Crippen LogP contribution in [0.1, 0.15) is 33.6 Å². The van der Waals surface area contributed by atoms with Crippen molar-refractivity contribution in [3.05, 3.63) is 56.2 Å². The fourth-order valence-corrected chi connectivity index (χ4v) is 3.78. The van der Waals surface area contributed by atoms with E-state index < -0.39 is 0 Å². The van der Waals surface area contributed by atoms with Gasteiger partial charge in [-0.05, 0) is 53.4 Å². The second-order valence-electron chi connectivity index (χ2n) is 6.02. The molecule has 1 N–H and O–H groups in total. The van der Waals surface area contributed by atoms with Gasteiger partial charge in [0.25, 0.3) is 5.91 Å². The summed E-state index contributed by atoms with van der Waals surface area (Å²) in [5.74, 6) is -0.229. The Morgan fingerprint density at radius 2 is 1.92 bits per heavy atom. The molecular weight excluding hydrogens is 388 g/mol. The fourth-order valence-electron chi connectivity index (χ4n) is 2.48. The van der Waals surface area contributed by atoms with E-state index in [0.717, 1.165) is 22.2 Å². The van der Waals surface area contributed by atoms with Crippen LogP contribution in [0.2, 0.25) is 0 Å². The molecule has 0 saturated heterocycles. The molecule has 24 heavy (non-hydrogen) atoms. The Bertz CT molecular complexity index is 738. The van der Waals surface area contributed by atoms with Crippen molar-refractivity contribution in [2.75, 3.05) is 6.54 Å². The van der Waals surface area contributed by atoms with Gasteiger partial charge < -0.3 is 10.2 Å². The zero-order valence-corrected chi connectivity index (χ0v) is 15.8. The molecule has 1 heterocycles. The lowest BCUT2D eigenvalue weighted by molar-refractivity contribution is -0.131. The first-order valence-electron chi connectivity index (χ1n) is 7.91. The van der Waals surface area contributed by atoms with Crippen molar-refractivity contribution >= 4 is 39.1 Å². The van der Waals surface area contributed by atoms with Crippen molar-refractivity contribution in [1.82, 2.24) is 10.2 Å². The van der Waals surface area contributed by atoms with E-state index in [-0.39, 0.29) is 18.4 Å². The molecule has 2 amide bonds. The maximum absolute atomic E-state index is 12.5. The standard InChI is InChI=1S/C18H19BrN2O2S/c1-12-2-4-13(5-3-12)11-21(14-6-7-14)17(22)10-20-18(23)15-8-9-16(19)24-15/h2-5,8-9,14H,6-7,10-11H2,1H3,(H,20,23). The van der Waals surface area contributed by atoms with Gasteiger partial charge in [0.05, 0.1) is 15.2 Å². The summed E-state index contributed by atoms with van der Waals surface area (Å²) in [6.45, 7) is 2.69. The number of amides is 2. The summed E-state index contributed by atoms with van der Waals surface area (Å²) in [5.41, 5.74) is 2.33. The monoisotopic (exact) mass is 406 g/mol. The molecule has 126 valence electrons. The molecule has 2 aromatic rings. The molecule has 0 spiro atoms. The van der Waals surface area contributed by atoms with E-state index in [9.17, 15) is 9.59 Å². The molecule has 0 bridgehead atoms. The maximum atomic E-state index is 12.5. The van der Waals surface area contributed by atoms with Crippen LogP contribution in [0.5, 0.6) is 0 Å². The number of carbonyl (C=O) groups is 2. The van der Waals surface area contributed by atoms with Crippen molar-refractivity contribution in [2.45, 2.75) is 32.4 Å². The summed E-state index contributed by atoms with van der Waals surface area (Å²) in [6, 6.07) is 12.1. The topological polar surface area (TPSA) is 49.4 Å². The van der Waals surface area contributed by atoms with Crippen molar-refractivity contribution in [3.63, 3.8) is 0 Å². The van der Waals surface area contributed by atoms with E-state index in [1.54, 1.807) is 6.07 Å². The van der Waals surface area contributed by atoms with E-state index in [0.29, 0.717) is 17.5 Å². The number of halogens is 1. The Hall–Kier alpha value is -1.66. The molecule has 0 radical (unpaired) electrons. The lowest BCUT2D eigenvalue weighted by Gasteiger charge is -2.23. The van der Waals surface area contributed by atoms with Crippen molar-refractivity contribution in [3.8, 4) is 0 Å². The zero-order chi connectivity index (χ0) is 17.1. The minimum Gasteiger partial charge on any atom is -0.342 e. The highest BCUT2D eigenvalue weighted by molar-refractivity contribution is 9.11. The molecular formula is C18H19BrN2O2S. The Labute approximate surface area is 154 Å². The Morgan fingerprint density at radius 3 is 2.50 bits per heavy atom. The molecule has 0 unspecified atom stereocenters. The van der Waals surface area contributed by atoms with Crippen molar-refractivity contribution < 1.29 is 9.59 Å². The van der Waals surface area contributed by atoms with Crippen LogP contribution in [0.25, 0.3) is 0 Å². The second kappa shape index (κ2) is 7.49. The summed E-state index contributed by atoms with van der Waals surface area (Å²) in [5, 5.41) is 2.73. The number of nitrogens with zero attached hydrogens (tertiary/aromatic N) is 1. The quantitative estimate of drug-likeness (QED) is 0.793. The molecule has 3 rings (SSSR count). The number of nitrogens with one attached hydrogen (secondary N) is 1. The van der Waals surface area contributed by atoms with E-state index >= 15 is 0 Å². The molecule has 0 aliphatic heterocycles.